The molecule has 2 aromatic rings. The van der Waals surface area contributed by atoms with Crippen molar-refractivity contribution in [3.63, 3.8) is 0 Å². The number of hydrogen-bond donors (Lipinski definition) is 1. The fourth-order valence-electron chi connectivity index (χ4n) is 1.67. The van der Waals surface area contributed by atoms with Crippen molar-refractivity contribution in [1.29, 1.82) is 0 Å². The van der Waals surface area contributed by atoms with E-state index in [0.29, 0.717) is 22.5 Å². The minimum absolute atomic E-state index is 0.0940. The highest BCUT2D eigenvalue weighted by Gasteiger charge is 2.10. The average Bonchev–Trinajstić information content (AvgIpc) is 2.93. The quantitative estimate of drug-likeness (QED) is 0.792. The van der Waals surface area contributed by atoms with Gasteiger partial charge in [0, 0.05) is 7.11 Å². The molecule has 0 aliphatic rings. The molecule has 1 heterocycles. The molecule has 0 bridgehead atoms. The third kappa shape index (κ3) is 4.75. The Morgan fingerprint density at radius 3 is 2.91 bits per heavy atom. The van der Waals surface area contributed by atoms with Crippen LogP contribution in [-0.4, -0.2) is 29.8 Å². The maximum Gasteiger partial charge on any atom is 0.264 e. The van der Waals surface area contributed by atoms with Gasteiger partial charge in [0.05, 0.1) is 4.47 Å². The minimum atomic E-state index is -0.286. The van der Waals surface area contributed by atoms with Gasteiger partial charge in [0.15, 0.2) is 6.61 Å². The number of aryl methyl sites for hydroxylation is 1. The summed E-state index contributed by atoms with van der Waals surface area (Å²) in [5.41, 5.74) is 1.20. The molecule has 0 fully saturated rings. The van der Waals surface area contributed by atoms with Crippen LogP contribution < -0.4 is 10.1 Å². The number of carbonyl (C=O) groups excluding carboxylic acids is 1. The highest BCUT2D eigenvalue weighted by molar-refractivity contribution is 9.10. The summed E-state index contributed by atoms with van der Waals surface area (Å²) in [6, 6.07) is 5.80. The lowest BCUT2D eigenvalue weighted by Crippen LogP contribution is -2.20. The molecule has 0 spiro atoms. The SMILES string of the molecule is CCc1ccc(OCC(=O)Nc2nnc(COC)s2)c(Br)c1. The smallest absolute Gasteiger partial charge is 0.264 e. The van der Waals surface area contributed by atoms with E-state index in [-0.39, 0.29) is 12.5 Å². The van der Waals surface area contributed by atoms with E-state index in [1.165, 1.54) is 16.9 Å². The fourth-order valence-corrected chi connectivity index (χ4v) is 2.93. The van der Waals surface area contributed by atoms with E-state index >= 15 is 0 Å². The molecule has 6 nitrogen and oxygen atoms in total. The number of amides is 1. The standard InChI is InChI=1S/C14H16BrN3O3S/c1-3-9-4-5-11(10(15)6-9)21-7-12(19)16-14-18-17-13(22-14)8-20-2/h4-6H,3,7-8H2,1-2H3,(H,16,18,19). The molecule has 0 unspecified atom stereocenters. The first-order valence-electron chi connectivity index (χ1n) is 6.64. The second-order valence-corrected chi connectivity index (χ2v) is 6.31. The van der Waals surface area contributed by atoms with Gasteiger partial charge in [0.25, 0.3) is 5.91 Å². The van der Waals surface area contributed by atoms with Crippen LogP contribution in [0.3, 0.4) is 0 Å². The van der Waals surface area contributed by atoms with Gasteiger partial charge in [-0.25, -0.2) is 0 Å². The lowest BCUT2D eigenvalue weighted by atomic mass is 10.2. The molecule has 0 atom stereocenters. The number of carbonyl (C=O) groups is 1. The molecule has 118 valence electrons. The van der Waals surface area contributed by atoms with Crippen molar-refractivity contribution in [3.8, 4) is 5.75 Å². The van der Waals surface area contributed by atoms with Gasteiger partial charge in [-0.2, -0.15) is 0 Å². The van der Waals surface area contributed by atoms with E-state index < -0.39 is 0 Å². The molecule has 8 heteroatoms. The van der Waals surface area contributed by atoms with Crippen LogP contribution in [0.4, 0.5) is 5.13 Å². The van der Waals surface area contributed by atoms with Crippen LogP contribution in [0.25, 0.3) is 0 Å². The monoisotopic (exact) mass is 385 g/mol. The summed E-state index contributed by atoms with van der Waals surface area (Å²) in [4.78, 5) is 11.8. The number of nitrogens with zero attached hydrogens (tertiary/aromatic N) is 2. The Balaban J connectivity index is 1.87. The molecule has 2 rings (SSSR count). The zero-order valence-electron chi connectivity index (χ0n) is 12.3. The van der Waals surface area contributed by atoms with E-state index in [9.17, 15) is 4.79 Å². The van der Waals surface area contributed by atoms with Gasteiger partial charge >= 0.3 is 0 Å². The maximum atomic E-state index is 11.8. The van der Waals surface area contributed by atoms with Gasteiger partial charge in [-0.1, -0.05) is 24.3 Å². The Bertz CT molecular complexity index is 648. The van der Waals surface area contributed by atoms with E-state index in [2.05, 4.69) is 38.4 Å². The first-order chi connectivity index (χ1) is 10.6. The van der Waals surface area contributed by atoms with Crippen LogP contribution in [0.5, 0.6) is 5.75 Å². The zero-order valence-corrected chi connectivity index (χ0v) is 14.7. The predicted octanol–water partition coefficient (Wildman–Crippen LogP) is 3.03. The number of aromatic nitrogens is 2. The topological polar surface area (TPSA) is 73.3 Å². The molecule has 1 aromatic carbocycles. The van der Waals surface area contributed by atoms with Crippen LogP contribution in [0.2, 0.25) is 0 Å². The van der Waals surface area contributed by atoms with Crippen molar-refractivity contribution in [3.05, 3.63) is 33.2 Å². The van der Waals surface area contributed by atoms with E-state index in [4.69, 9.17) is 9.47 Å². The summed E-state index contributed by atoms with van der Waals surface area (Å²) in [6.45, 7) is 2.36. The molecule has 1 aromatic heterocycles. The van der Waals surface area contributed by atoms with Crippen molar-refractivity contribution in [2.45, 2.75) is 20.0 Å². The molecule has 1 amide bonds. The van der Waals surface area contributed by atoms with Crippen molar-refractivity contribution in [1.82, 2.24) is 10.2 Å². The molecule has 0 aliphatic heterocycles. The van der Waals surface area contributed by atoms with Gasteiger partial charge in [0.1, 0.15) is 17.4 Å². The van der Waals surface area contributed by atoms with Crippen molar-refractivity contribution >= 4 is 38.3 Å². The van der Waals surface area contributed by atoms with Crippen LogP contribution in [-0.2, 0) is 22.6 Å². The number of methoxy groups -OCH3 is 1. The number of benzene rings is 1. The molecule has 0 saturated heterocycles. The normalized spacial score (nSPS) is 10.5. The van der Waals surface area contributed by atoms with Crippen LogP contribution in [0, 0.1) is 0 Å². The molecule has 1 N–H and O–H groups in total. The second kappa shape index (κ2) is 8.21. The van der Waals surface area contributed by atoms with Gasteiger partial charge in [-0.05, 0) is 40.0 Å². The average molecular weight is 386 g/mol. The summed E-state index contributed by atoms with van der Waals surface area (Å²) in [7, 11) is 1.58. The molecule has 22 heavy (non-hydrogen) atoms. The first-order valence-corrected chi connectivity index (χ1v) is 8.25. The molecule has 0 saturated carbocycles. The Kier molecular flexibility index (Phi) is 6.29. The van der Waals surface area contributed by atoms with E-state index in [0.717, 1.165) is 10.9 Å². The lowest BCUT2D eigenvalue weighted by Gasteiger charge is -2.08. The van der Waals surface area contributed by atoms with Gasteiger partial charge in [-0.15, -0.1) is 10.2 Å². The summed E-state index contributed by atoms with van der Waals surface area (Å²) in [5.74, 6) is 0.344. The number of nitrogens with one attached hydrogen (secondary N) is 1. The highest BCUT2D eigenvalue weighted by Crippen LogP contribution is 2.26. The van der Waals surface area contributed by atoms with Crippen molar-refractivity contribution in [2.24, 2.45) is 0 Å². The summed E-state index contributed by atoms with van der Waals surface area (Å²) < 4.78 is 11.3. The number of anilines is 1. The lowest BCUT2D eigenvalue weighted by molar-refractivity contribution is -0.118. The number of ether oxygens (including phenoxy) is 2. The summed E-state index contributed by atoms with van der Waals surface area (Å²) in [5, 5.41) is 11.5. The second-order valence-electron chi connectivity index (χ2n) is 4.39. The van der Waals surface area contributed by atoms with Crippen LogP contribution in [0.15, 0.2) is 22.7 Å². The Morgan fingerprint density at radius 2 is 2.23 bits per heavy atom. The largest absolute Gasteiger partial charge is 0.483 e. The maximum absolute atomic E-state index is 11.8. The van der Waals surface area contributed by atoms with E-state index in [1.54, 1.807) is 7.11 Å². The number of rotatable bonds is 7. The third-order valence-corrected chi connectivity index (χ3v) is 4.18. The molecular weight excluding hydrogens is 370 g/mol. The third-order valence-electron chi connectivity index (χ3n) is 2.74. The van der Waals surface area contributed by atoms with Gasteiger partial charge < -0.3 is 9.47 Å². The first kappa shape index (κ1) is 16.9. The molecule has 0 aliphatic carbocycles. The van der Waals surface area contributed by atoms with E-state index in [1.807, 2.05) is 18.2 Å². The van der Waals surface area contributed by atoms with Crippen molar-refractivity contribution < 1.29 is 14.3 Å². The van der Waals surface area contributed by atoms with Gasteiger partial charge in [-0.3, -0.25) is 10.1 Å². The fraction of sp³-hybridized carbons (Fsp3) is 0.357. The zero-order chi connectivity index (χ0) is 15.9. The number of hydrogen-bond acceptors (Lipinski definition) is 6. The summed E-state index contributed by atoms with van der Waals surface area (Å²) in [6.07, 6.45) is 0.945. The van der Waals surface area contributed by atoms with Crippen LogP contribution in [0.1, 0.15) is 17.5 Å². The van der Waals surface area contributed by atoms with Crippen LogP contribution >= 0.6 is 27.3 Å². The van der Waals surface area contributed by atoms with Gasteiger partial charge in [0.2, 0.25) is 5.13 Å². The predicted molar refractivity (Wildman–Crippen MR) is 88.3 cm³/mol. The number of halogens is 1. The molecule has 0 radical (unpaired) electrons. The highest BCUT2D eigenvalue weighted by atomic mass is 79.9. The molecular formula is C14H16BrN3O3S. The Morgan fingerprint density at radius 1 is 1.41 bits per heavy atom. The van der Waals surface area contributed by atoms with Crippen molar-refractivity contribution in [2.75, 3.05) is 19.0 Å². The minimum Gasteiger partial charge on any atom is -0.483 e. The Hall–Kier alpha value is -1.51. The Labute approximate surface area is 141 Å². The summed E-state index contributed by atoms with van der Waals surface area (Å²) >= 11 is 4.71.